The van der Waals surface area contributed by atoms with Crippen LogP contribution in [0.3, 0.4) is 0 Å². The van der Waals surface area contributed by atoms with Crippen LogP contribution in [0.5, 0.6) is 11.5 Å². The molecule has 1 saturated heterocycles. The summed E-state index contributed by atoms with van der Waals surface area (Å²) in [6, 6.07) is 17.4. The van der Waals surface area contributed by atoms with Gasteiger partial charge in [0.2, 0.25) is 0 Å². The van der Waals surface area contributed by atoms with Crippen molar-refractivity contribution in [1.29, 1.82) is 0 Å². The van der Waals surface area contributed by atoms with Gasteiger partial charge < -0.3 is 14.8 Å². The van der Waals surface area contributed by atoms with Gasteiger partial charge in [-0.3, -0.25) is 19.3 Å². The van der Waals surface area contributed by atoms with E-state index < -0.39 is 11.1 Å². The molecule has 0 aliphatic carbocycles. The first kappa shape index (κ1) is 26.6. The topological polar surface area (TPSA) is 84.9 Å². The van der Waals surface area contributed by atoms with Crippen molar-refractivity contribution in [1.82, 2.24) is 4.90 Å². The Hall–Kier alpha value is -3.46. The number of ether oxygens (including phenoxy) is 2. The number of anilines is 1. The number of nitrogens with one attached hydrogen (secondary N) is 1. The van der Waals surface area contributed by atoms with Gasteiger partial charge in [-0.05, 0) is 77.9 Å². The molecule has 0 unspecified atom stereocenters. The van der Waals surface area contributed by atoms with Gasteiger partial charge in [-0.1, -0.05) is 47.5 Å². The second kappa shape index (κ2) is 11.7. The lowest BCUT2D eigenvalue weighted by molar-refractivity contribution is -0.123. The lowest BCUT2D eigenvalue weighted by Crippen LogP contribution is -2.27. The highest BCUT2D eigenvalue weighted by atomic mass is 35.5. The minimum Gasteiger partial charge on any atom is -0.493 e. The fraction of sp³-hybridized carbons (Fsp3) is 0.148. The van der Waals surface area contributed by atoms with E-state index in [1.807, 2.05) is 25.1 Å². The predicted molar refractivity (Wildman–Crippen MR) is 146 cm³/mol. The van der Waals surface area contributed by atoms with E-state index in [2.05, 4.69) is 5.32 Å². The van der Waals surface area contributed by atoms with Gasteiger partial charge in [0.1, 0.15) is 0 Å². The summed E-state index contributed by atoms with van der Waals surface area (Å²) in [5.74, 6) is 0.00753. The number of nitrogens with zero attached hydrogens (tertiary/aromatic N) is 1. The Morgan fingerprint density at radius 3 is 2.59 bits per heavy atom. The van der Waals surface area contributed by atoms with Crippen LogP contribution in [0.1, 0.15) is 16.7 Å². The molecule has 0 atom stereocenters. The molecule has 1 N–H and O–H groups in total. The summed E-state index contributed by atoms with van der Waals surface area (Å²) < 4.78 is 11.1. The molecule has 1 heterocycles. The number of rotatable bonds is 8. The average Bonchev–Trinajstić information content (AvgIpc) is 3.11. The molecule has 0 radical (unpaired) electrons. The fourth-order valence-electron chi connectivity index (χ4n) is 3.56. The highest BCUT2D eigenvalue weighted by molar-refractivity contribution is 8.18. The number of carbonyl (C=O) groups excluding carboxylic acids is 3. The Labute approximate surface area is 228 Å². The molecular weight excluding hydrogens is 535 g/mol. The Kier molecular flexibility index (Phi) is 8.43. The van der Waals surface area contributed by atoms with Crippen molar-refractivity contribution in [3.8, 4) is 11.5 Å². The second-order valence-electron chi connectivity index (χ2n) is 8.12. The van der Waals surface area contributed by atoms with Gasteiger partial charge in [-0.25, -0.2) is 0 Å². The maximum atomic E-state index is 12.9. The van der Waals surface area contributed by atoms with Gasteiger partial charge in [0.05, 0.1) is 18.6 Å². The van der Waals surface area contributed by atoms with Gasteiger partial charge in [0.15, 0.2) is 18.1 Å². The van der Waals surface area contributed by atoms with Gasteiger partial charge >= 0.3 is 0 Å². The van der Waals surface area contributed by atoms with E-state index in [1.54, 1.807) is 48.5 Å². The number of aryl methyl sites for hydroxylation is 1. The van der Waals surface area contributed by atoms with Crippen molar-refractivity contribution in [2.24, 2.45) is 0 Å². The highest BCUT2D eigenvalue weighted by Crippen LogP contribution is 2.36. The van der Waals surface area contributed by atoms with E-state index in [4.69, 9.17) is 32.7 Å². The van der Waals surface area contributed by atoms with Crippen LogP contribution in [0.4, 0.5) is 10.5 Å². The molecule has 1 aliphatic rings. The molecule has 4 rings (SSSR count). The normalized spacial score (nSPS) is 14.3. The molecule has 3 amide bonds. The molecule has 0 aromatic heterocycles. The lowest BCUT2D eigenvalue weighted by Gasteiger charge is -2.14. The minimum atomic E-state index is -0.423. The number of methoxy groups -OCH3 is 1. The van der Waals surface area contributed by atoms with Gasteiger partial charge in [0.25, 0.3) is 17.1 Å². The van der Waals surface area contributed by atoms with Crippen molar-refractivity contribution >= 4 is 63.8 Å². The number of carbonyl (C=O) groups is 3. The van der Waals surface area contributed by atoms with E-state index in [9.17, 15) is 14.4 Å². The van der Waals surface area contributed by atoms with Gasteiger partial charge in [-0.15, -0.1) is 0 Å². The number of thioether (sulfide) groups is 1. The molecule has 10 heteroatoms. The number of hydrogen-bond acceptors (Lipinski definition) is 6. The number of hydrogen-bond donors (Lipinski definition) is 1. The summed E-state index contributed by atoms with van der Waals surface area (Å²) in [6.07, 6.45) is 1.60. The van der Waals surface area contributed by atoms with Crippen molar-refractivity contribution in [2.75, 3.05) is 19.0 Å². The molecule has 0 spiro atoms. The largest absolute Gasteiger partial charge is 0.493 e. The molecule has 3 aromatic rings. The summed E-state index contributed by atoms with van der Waals surface area (Å²) in [6.45, 7) is 1.77. The van der Waals surface area contributed by atoms with Gasteiger partial charge in [0, 0.05) is 15.7 Å². The third-order valence-electron chi connectivity index (χ3n) is 5.36. The third-order valence-corrected chi connectivity index (χ3v) is 6.86. The van der Waals surface area contributed by atoms with Crippen LogP contribution >= 0.6 is 35.0 Å². The summed E-state index contributed by atoms with van der Waals surface area (Å²) >= 11 is 13.0. The van der Waals surface area contributed by atoms with Crippen LogP contribution in [0.2, 0.25) is 10.0 Å². The van der Waals surface area contributed by atoms with Crippen LogP contribution in [0.25, 0.3) is 6.08 Å². The first-order valence-electron chi connectivity index (χ1n) is 11.1. The average molecular weight is 557 g/mol. The van der Waals surface area contributed by atoms with Crippen LogP contribution in [-0.4, -0.2) is 35.7 Å². The zero-order valence-electron chi connectivity index (χ0n) is 19.9. The van der Waals surface area contributed by atoms with Crippen LogP contribution < -0.4 is 14.8 Å². The van der Waals surface area contributed by atoms with Crippen molar-refractivity contribution in [3.63, 3.8) is 0 Å². The maximum Gasteiger partial charge on any atom is 0.293 e. The predicted octanol–water partition coefficient (Wildman–Crippen LogP) is 6.56. The standard InChI is InChI=1S/C27H22Cl2N2O5S/c1-16-4-3-5-20(10-16)30-25(32)15-36-22-9-6-17(11-23(22)35-2)12-24-26(33)31(27(34)37-24)14-18-7-8-19(28)13-21(18)29/h3-13H,14-15H2,1-2H3,(H,30,32)/b24-12-. The number of amides is 3. The van der Waals surface area contributed by atoms with Gasteiger partial charge in [-0.2, -0.15) is 0 Å². The summed E-state index contributed by atoms with van der Waals surface area (Å²) in [5, 5.41) is 3.23. The molecule has 37 heavy (non-hydrogen) atoms. The Morgan fingerprint density at radius 1 is 1.05 bits per heavy atom. The number of halogens is 2. The molecule has 0 bridgehead atoms. The first-order chi connectivity index (χ1) is 17.7. The van der Waals surface area contributed by atoms with E-state index in [-0.39, 0.29) is 24.0 Å². The summed E-state index contributed by atoms with van der Waals surface area (Å²) in [4.78, 5) is 39.1. The van der Waals surface area contributed by atoms with Crippen LogP contribution in [-0.2, 0) is 16.1 Å². The quantitative estimate of drug-likeness (QED) is 0.316. The molecular formula is C27H22Cl2N2O5S. The Bertz CT molecular complexity index is 1410. The van der Waals surface area contributed by atoms with Crippen LogP contribution in [0.15, 0.2) is 65.6 Å². The Balaban J connectivity index is 1.43. The molecule has 1 fully saturated rings. The second-order valence-corrected chi connectivity index (χ2v) is 9.96. The van der Waals surface area contributed by atoms with Crippen molar-refractivity contribution < 1.29 is 23.9 Å². The zero-order chi connectivity index (χ0) is 26.5. The monoisotopic (exact) mass is 556 g/mol. The van der Waals surface area contributed by atoms with Crippen molar-refractivity contribution in [2.45, 2.75) is 13.5 Å². The minimum absolute atomic E-state index is 0.0404. The van der Waals surface area contributed by atoms with Crippen LogP contribution in [0, 0.1) is 6.92 Å². The smallest absolute Gasteiger partial charge is 0.293 e. The summed E-state index contributed by atoms with van der Waals surface area (Å²) in [7, 11) is 1.47. The molecule has 1 aliphatic heterocycles. The fourth-order valence-corrected chi connectivity index (χ4v) is 4.87. The van der Waals surface area contributed by atoms with Crippen molar-refractivity contribution in [3.05, 3.63) is 92.3 Å². The molecule has 0 saturated carbocycles. The van der Waals surface area contributed by atoms with E-state index in [0.29, 0.717) is 38.4 Å². The van der Waals surface area contributed by atoms with E-state index in [0.717, 1.165) is 22.2 Å². The highest BCUT2D eigenvalue weighted by Gasteiger charge is 2.35. The Morgan fingerprint density at radius 2 is 1.86 bits per heavy atom. The zero-order valence-corrected chi connectivity index (χ0v) is 22.2. The molecule has 7 nitrogen and oxygen atoms in total. The third kappa shape index (κ3) is 6.65. The maximum absolute atomic E-state index is 12.9. The molecule has 3 aromatic carbocycles. The summed E-state index contributed by atoms with van der Waals surface area (Å²) in [5.41, 5.74) is 2.96. The number of benzene rings is 3. The molecule has 190 valence electrons. The number of imide groups is 1. The first-order valence-corrected chi connectivity index (χ1v) is 12.7. The lowest BCUT2D eigenvalue weighted by atomic mass is 10.1. The van der Waals surface area contributed by atoms with E-state index in [1.165, 1.54) is 7.11 Å². The SMILES string of the molecule is COc1cc(/C=C2\SC(=O)N(Cc3ccc(Cl)cc3Cl)C2=O)ccc1OCC(=O)Nc1cccc(C)c1. The van der Waals surface area contributed by atoms with E-state index >= 15 is 0 Å².